The van der Waals surface area contributed by atoms with Crippen LogP contribution in [0.15, 0.2) is 78.9 Å². The highest BCUT2D eigenvalue weighted by atomic mass is 16.7. The summed E-state index contributed by atoms with van der Waals surface area (Å²) in [4.78, 5) is 0. The molecular weight excluding hydrogens is 451 g/mol. The van der Waals surface area contributed by atoms with Gasteiger partial charge in [0.25, 0.3) is 0 Å². The molecule has 2 nitrogen and oxygen atoms in total. The maximum Gasteiger partial charge on any atom is 0.495 e. The highest BCUT2D eigenvalue weighted by Gasteiger charge is 2.52. The van der Waals surface area contributed by atoms with Crippen LogP contribution < -0.4 is 5.46 Å². The Balaban J connectivity index is 1.58. The van der Waals surface area contributed by atoms with E-state index in [1.807, 2.05) is 0 Å². The van der Waals surface area contributed by atoms with E-state index in [1.165, 1.54) is 75.4 Å². The minimum absolute atomic E-state index is 0.394. The van der Waals surface area contributed by atoms with Crippen molar-refractivity contribution in [1.29, 1.82) is 0 Å². The summed E-state index contributed by atoms with van der Waals surface area (Å²) in [5.41, 5.74) is 0.338. The fraction of sp³-hybridized carbons (Fsp3) is 0.176. The lowest BCUT2D eigenvalue weighted by atomic mass is 9.74. The van der Waals surface area contributed by atoms with Crippen molar-refractivity contribution in [2.24, 2.45) is 0 Å². The lowest BCUT2D eigenvalue weighted by Crippen LogP contribution is -2.41. The fourth-order valence-electron chi connectivity index (χ4n) is 7.14. The van der Waals surface area contributed by atoms with E-state index < -0.39 is 18.3 Å². The van der Waals surface area contributed by atoms with Crippen LogP contribution in [-0.4, -0.2) is 18.3 Å². The van der Waals surface area contributed by atoms with Crippen molar-refractivity contribution in [3.8, 4) is 0 Å². The minimum atomic E-state index is -0.416. The molecule has 1 saturated heterocycles. The molecule has 3 heteroatoms. The maximum absolute atomic E-state index is 6.64. The van der Waals surface area contributed by atoms with Gasteiger partial charge < -0.3 is 9.31 Å². The lowest BCUT2D eigenvalue weighted by Gasteiger charge is -2.32. The van der Waals surface area contributed by atoms with E-state index in [-0.39, 0.29) is 0 Å². The standard InChI is InChI=1S/C34H25BO2/c1-33(2)34(3,4)37-35(36-33)27-17-26-21-12-8-7-11-20(21)23-14-13-22-18-9-5-6-10-19(18)24-15-16-25(27)31-29(24)28(22)30(23)32(26)31/h5-17H,1-4H3. The van der Waals surface area contributed by atoms with Gasteiger partial charge in [-0.1, -0.05) is 78.9 Å². The molecule has 9 rings (SSSR count). The van der Waals surface area contributed by atoms with Gasteiger partial charge in [-0.25, -0.2) is 0 Å². The summed E-state index contributed by atoms with van der Waals surface area (Å²) in [6.07, 6.45) is 0. The van der Waals surface area contributed by atoms with Gasteiger partial charge in [0.15, 0.2) is 0 Å². The molecule has 0 N–H and O–H groups in total. The second kappa shape index (κ2) is 6.24. The first-order valence-corrected chi connectivity index (χ1v) is 13.2. The Bertz CT molecular complexity index is 2160. The zero-order valence-electron chi connectivity index (χ0n) is 21.4. The van der Waals surface area contributed by atoms with Gasteiger partial charge >= 0.3 is 7.12 Å². The molecule has 0 amide bonds. The van der Waals surface area contributed by atoms with Crippen molar-refractivity contribution in [1.82, 2.24) is 0 Å². The second-order valence-electron chi connectivity index (χ2n) is 11.9. The first-order valence-electron chi connectivity index (χ1n) is 13.2. The number of rotatable bonds is 1. The van der Waals surface area contributed by atoms with Gasteiger partial charge in [-0.15, -0.1) is 0 Å². The Hall–Kier alpha value is -3.66. The zero-order chi connectivity index (χ0) is 24.8. The van der Waals surface area contributed by atoms with Crippen LogP contribution in [0.5, 0.6) is 0 Å². The van der Waals surface area contributed by atoms with Crippen molar-refractivity contribution in [2.75, 3.05) is 0 Å². The van der Waals surface area contributed by atoms with Crippen LogP contribution in [0.4, 0.5) is 0 Å². The molecular formula is C34H25BO2. The molecule has 0 saturated carbocycles. The molecule has 37 heavy (non-hydrogen) atoms. The number of hydrogen-bond acceptors (Lipinski definition) is 2. The molecule has 8 aromatic carbocycles. The Morgan fingerprint density at radius 2 is 0.784 bits per heavy atom. The average Bonchev–Trinajstić information content (AvgIpc) is 3.36. The first-order chi connectivity index (χ1) is 17.9. The normalized spacial score (nSPS) is 17.9. The molecule has 0 spiro atoms. The Morgan fingerprint density at radius 3 is 1.24 bits per heavy atom. The summed E-state index contributed by atoms with van der Waals surface area (Å²) < 4.78 is 13.3. The van der Waals surface area contributed by atoms with Crippen LogP contribution in [0.1, 0.15) is 27.7 Å². The van der Waals surface area contributed by atoms with E-state index in [2.05, 4.69) is 107 Å². The monoisotopic (exact) mass is 476 g/mol. The smallest absolute Gasteiger partial charge is 0.399 e. The first kappa shape index (κ1) is 20.4. The summed E-state index contributed by atoms with van der Waals surface area (Å²) in [6.45, 7) is 8.53. The third-order valence-corrected chi connectivity index (χ3v) is 9.56. The second-order valence-corrected chi connectivity index (χ2v) is 11.9. The highest BCUT2D eigenvalue weighted by Crippen LogP contribution is 2.52. The van der Waals surface area contributed by atoms with E-state index in [0.29, 0.717) is 0 Å². The molecule has 8 aromatic rings. The molecule has 1 aliphatic rings. The Morgan fingerprint density at radius 1 is 0.432 bits per heavy atom. The van der Waals surface area contributed by atoms with Crippen molar-refractivity contribution in [3.05, 3.63) is 78.9 Å². The number of benzene rings is 7. The SMILES string of the molecule is CC1(C)OB(c2cc3c4ccccc4c4ccc5c6ccccc6c6ccc2c2c6c5c4c32)OC1(C)C. The lowest BCUT2D eigenvalue weighted by molar-refractivity contribution is 0.00578. The molecule has 0 bridgehead atoms. The van der Waals surface area contributed by atoms with Gasteiger partial charge in [-0.2, -0.15) is 0 Å². The van der Waals surface area contributed by atoms with Crippen LogP contribution in [0.3, 0.4) is 0 Å². The van der Waals surface area contributed by atoms with Gasteiger partial charge in [0.1, 0.15) is 0 Å². The van der Waals surface area contributed by atoms with Gasteiger partial charge in [-0.3, -0.25) is 0 Å². The predicted molar refractivity (Wildman–Crippen MR) is 158 cm³/mol. The summed E-state index contributed by atoms with van der Waals surface area (Å²) >= 11 is 0. The van der Waals surface area contributed by atoms with E-state index in [0.717, 1.165) is 5.46 Å². The maximum atomic E-state index is 6.64. The largest absolute Gasteiger partial charge is 0.495 e. The molecule has 0 radical (unpaired) electrons. The highest BCUT2D eigenvalue weighted by molar-refractivity contribution is 6.67. The third-order valence-electron chi connectivity index (χ3n) is 9.56. The van der Waals surface area contributed by atoms with Gasteiger partial charge in [0.05, 0.1) is 11.2 Å². The minimum Gasteiger partial charge on any atom is -0.399 e. The fourth-order valence-corrected chi connectivity index (χ4v) is 7.14. The van der Waals surface area contributed by atoms with E-state index >= 15 is 0 Å². The van der Waals surface area contributed by atoms with Crippen molar-refractivity contribution >= 4 is 88.0 Å². The summed E-state index contributed by atoms with van der Waals surface area (Å²) in [6, 6.07) is 29.4. The van der Waals surface area contributed by atoms with Crippen LogP contribution in [0, 0.1) is 0 Å². The molecule has 0 atom stereocenters. The van der Waals surface area contributed by atoms with Gasteiger partial charge in [0.2, 0.25) is 0 Å². The molecule has 0 aromatic heterocycles. The van der Waals surface area contributed by atoms with Crippen LogP contribution in [0.2, 0.25) is 0 Å². The van der Waals surface area contributed by atoms with Crippen LogP contribution in [-0.2, 0) is 9.31 Å². The average molecular weight is 476 g/mol. The van der Waals surface area contributed by atoms with E-state index in [1.54, 1.807) is 0 Å². The van der Waals surface area contributed by atoms with Crippen molar-refractivity contribution in [2.45, 2.75) is 38.9 Å². The molecule has 0 aliphatic carbocycles. The van der Waals surface area contributed by atoms with Crippen LogP contribution in [0.25, 0.3) is 75.4 Å². The third kappa shape index (κ3) is 2.24. The Labute approximate surface area is 214 Å². The van der Waals surface area contributed by atoms with Crippen molar-refractivity contribution in [3.63, 3.8) is 0 Å². The molecule has 1 fully saturated rings. The van der Waals surface area contributed by atoms with E-state index in [4.69, 9.17) is 9.31 Å². The summed E-state index contributed by atoms with van der Waals surface area (Å²) in [5, 5.41) is 18.7. The predicted octanol–water partition coefficient (Wildman–Crippen LogP) is 8.37. The van der Waals surface area contributed by atoms with Gasteiger partial charge in [-0.05, 0) is 109 Å². The number of hydrogen-bond donors (Lipinski definition) is 0. The molecule has 1 aliphatic heterocycles. The molecule has 176 valence electrons. The van der Waals surface area contributed by atoms with E-state index in [9.17, 15) is 0 Å². The van der Waals surface area contributed by atoms with Gasteiger partial charge in [0, 0.05) is 0 Å². The van der Waals surface area contributed by atoms with Crippen LogP contribution >= 0.6 is 0 Å². The number of fused-ring (bicyclic) bond motifs is 6. The Kier molecular flexibility index (Phi) is 3.44. The summed E-state index contributed by atoms with van der Waals surface area (Å²) in [7, 11) is -0.416. The quantitative estimate of drug-likeness (QED) is 0.175. The molecule has 1 heterocycles. The van der Waals surface area contributed by atoms with Crippen molar-refractivity contribution < 1.29 is 9.31 Å². The topological polar surface area (TPSA) is 18.5 Å². The summed E-state index contributed by atoms with van der Waals surface area (Å²) in [5.74, 6) is 0. The zero-order valence-corrected chi connectivity index (χ0v) is 21.4. The molecule has 0 unspecified atom stereocenters.